The SMILES string of the molecule is CC[C@@H]1CCCCN1C(=O)CSc1nc2ccccc2c(=O)n1CC(C)C. The fourth-order valence-corrected chi connectivity index (χ4v) is 4.64. The highest BCUT2D eigenvalue weighted by Gasteiger charge is 2.25. The Hall–Kier alpha value is -1.82. The molecule has 2 heterocycles. The first-order chi connectivity index (χ1) is 13.0. The second-order valence-corrected chi connectivity index (χ2v) is 8.60. The van der Waals surface area contributed by atoms with E-state index < -0.39 is 0 Å². The first-order valence-corrected chi connectivity index (χ1v) is 10.9. The van der Waals surface area contributed by atoms with E-state index in [1.165, 1.54) is 18.2 Å². The van der Waals surface area contributed by atoms with Crippen LogP contribution in [0.25, 0.3) is 10.9 Å². The van der Waals surface area contributed by atoms with Crippen molar-refractivity contribution in [2.45, 2.75) is 64.2 Å². The number of thioether (sulfide) groups is 1. The summed E-state index contributed by atoms with van der Waals surface area (Å²) in [6.45, 7) is 7.77. The predicted octanol–water partition coefficient (Wildman–Crippen LogP) is 3.94. The number of hydrogen-bond acceptors (Lipinski definition) is 4. The fraction of sp³-hybridized carbons (Fsp3) is 0.571. The van der Waals surface area contributed by atoms with Gasteiger partial charge in [-0.2, -0.15) is 0 Å². The molecule has 1 aliphatic rings. The van der Waals surface area contributed by atoms with Crippen LogP contribution in [0.4, 0.5) is 0 Å². The van der Waals surface area contributed by atoms with E-state index in [-0.39, 0.29) is 11.5 Å². The van der Waals surface area contributed by atoms with Crippen LogP contribution in [0.1, 0.15) is 46.5 Å². The van der Waals surface area contributed by atoms with Gasteiger partial charge in [-0.25, -0.2) is 4.98 Å². The molecule has 1 aliphatic heterocycles. The first-order valence-electron chi connectivity index (χ1n) is 9.93. The largest absolute Gasteiger partial charge is 0.339 e. The Morgan fingerprint density at radius 3 is 2.81 bits per heavy atom. The van der Waals surface area contributed by atoms with Crippen LogP contribution in [0.5, 0.6) is 0 Å². The summed E-state index contributed by atoms with van der Waals surface area (Å²) >= 11 is 1.39. The van der Waals surface area contributed by atoms with Crippen LogP contribution in [0.15, 0.2) is 34.2 Å². The van der Waals surface area contributed by atoms with E-state index in [2.05, 4.69) is 20.8 Å². The van der Waals surface area contributed by atoms with Gasteiger partial charge in [-0.05, 0) is 43.7 Å². The van der Waals surface area contributed by atoms with Gasteiger partial charge in [0.2, 0.25) is 5.91 Å². The number of amides is 1. The third-order valence-corrected chi connectivity index (χ3v) is 6.08. The normalized spacial score (nSPS) is 17.6. The van der Waals surface area contributed by atoms with Crippen molar-refractivity contribution in [3.05, 3.63) is 34.6 Å². The van der Waals surface area contributed by atoms with Gasteiger partial charge in [0, 0.05) is 19.1 Å². The van der Waals surface area contributed by atoms with Crippen molar-refractivity contribution < 1.29 is 4.79 Å². The average Bonchev–Trinajstić information content (AvgIpc) is 2.68. The van der Waals surface area contributed by atoms with Gasteiger partial charge in [-0.1, -0.05) is 44.7 Å². The quantitative estimate of drug-likeness (QED) is 0.557. The molecule has 146 valence electrons. The average molecular weight is 388 g/mol. The molecule has 1 aromatic carbocycles. The zero-order chi connectivity index (χ0) is 19.4. The van der Waals surface area contributed by atoms with Crippen LogP contribution >= 0.6 is 11.8 Å². The number of aromatic nitrogens is 2. The van der Waals surface area contributed by atoms with Gasteiger partial charge in [0.25, 0.3) is 5.56 Å². The second-order valence-electron chi connectivity index (χ2n) is 7.65. The van der Waals surface area contributed by atoms with Gasteiger partial charge in [0.15, 0.2) is 5.16 Å². The van der Waals surface area contributed by atoms with E-state index in [0.29, 0.717) is 40.3 Å². The predicted molar refractivity (Wildman–Crippen MR) is 111 cm³/mol. The van der Waals surface area contributed by atoms with Crippen LogP contribution in [0.2, 0.25) is 0 Å². The minimum Gasteiger partial charge on any atom is -0.339 e. The van der Waals surface area contributed by atoms with Crippen molar-refractivity contribution in [1.29, 1.82) is 0 Å². The van der Waals surface area contributed by atoms with E-state index in [1.54, 1.807) is 4.57 Å². The highest BCUT2D eigenvalue weighted by atomic mass is 32.2. The van der Waals surface area contributed by atoms with Gasteiger partial charge in [0.05, 0.1) is 16.7 Å². The van der Waals surface area contributed by atoms with Gasteiger partial charge >= 0.3 is 0 Å². The van der Waals surface area contributed by atoms with Crippen molar-refractivity contribution in [3.8, 4) is 0 Å². The molecular formula is C21H29N3O2S. The number of nitrogens with zero attached hydrogens (tertiary/aromatic N) is 3. The van der Waals surface area contributed by atoms with Gasteiger partial charge in [0.1, 0.15) is 0 Å². The molecule has 6 heteroatoms. The van der Waals surface area contributed by atoms with Gasteiger partial charge in [-0.3, -0.25) is 14.2 Å². The van der Waals surface area contributed by atoms with E-state index in [9.17, 15) is 9.59 Å². The van der Waals surface area contributed by atoms with Crippen molar-refractivity contribution in [2.75, 3.05) is 12.3 Å². The van der Waals surface area contributed by atoms with Crippen LogP contribution in [-0.4, -0.2) is 38.7 Å². The molecule has 27 heavy (non-hydrogen) atoms. The lowest BCUT2D eigenvalue weighted by atomic mass is 10.0. The molecule has 0 spiro atoms. The van der Waals surface area contributed by atoms with Gasteiger partial charge in [-0.15, -0.1) is 0 Å². The third-order valence-electron chi connectivity index (χ3n) is 5.12. The molecule has 5 nitrogen and oxygen atoms in total. The van der Waals surface area contributed by atoms with E-state index in [4.69, 9.17) is 4.98 Å². The molecule has 0 N–H and O–H groups in total. The lowest BCUT2D eigenvalue weighted by Gasteiger charge is -2.35. The van der Waals surface area contributed by atoms with Crippen molar-refractivity contribution in [1.82, 2.24) is 14.5 Å². The minimum absolute atomic E-state index is 0.0198. The summed E-state index contributed by atoms with van der Waals surface area (Å²) in [5, 5.41) is 1.28. The fourth-order valence-electron chi connectivity index (χ4n) is 3.75. The minimum atomic E-state index is -0.0198. The maximum absolute atomic E-state index is 12.9. The smallest absolute Gasteiger partial charge is 0.262 e. The first kappa shape index (κ1) is 19.9. The highest BCUT2D eigenvalue weighted by Crippen LogP contribution is 2.23. The summed E-state index contributed by atoms with van der Waals surface area (Å²) in [5.74, 6) is 0.816. The van der Waals surface area contributed by atoms with Gasteiger partial charge < -0.3 is 4.90 Å². The van der Waals surface area contributed by atoms with Crippen molar-refractivity contribution in [2.24, 2.45) is 5.92 Å². The number of carbonyl (C=O) groups is 1. The number of likely N-dealkylation sites (tertiary alicyclic amines) is 1. The van der Waals surface area contributed by atoms with E-state index in [1.807, 2.05) is 29.2 Å². The molecule has 1 aromatic heterocycles. The number of fused-ring (bicyclic) bond motifs is 1. The van der Waals surface area contributed by atoms with Crippen LogP contribution in [-0.2, 0) is 11.3 Å². The van der Waals surface area contributed by atoms with Crippen LogP contribution < -0.4 is 5.56 Å². The topological polar surface area (TPSA) is 55.2 Å². The number of hydrogen-bond donors (Lipinski definition) is 0. The molecule has 0 aliphatic carbocycles. The molecule has 1 fully saturated rings. The van der Waals surface area contributed by atoms with Crippen molar-refractivity contribution >= 4 is 28.6 Å². The number of para-hydroxylation sites is 1. The lowest BCUT2D eigenvalue weighted by molar-refractivity contribution is -0.132. The summed E-state index contributed by atoms with van der Waals surface area (Å²) in [4.78, 5) is 32.5. The Kier molecular flexibility index (Phi) is 6.58. The third kappa shape index (κ3) is 4.54. The molecule has 3 rings (SSSR count). The molecule has 1 amide bonds. The second kappa shape index (κ2) is 8.91. The maximum atomic E-state index is 12.9. The lowest BCUT2D eigenvalue weighted by Crippen LogP contribution is -2.44. The van der Waals surface area contributed by atoms with Crippen molar-refractivity contribution in [3.63, 3.8) is 0 Å². The standard InChI is InChI=1S/C21H29N3O2S/c1-4-16-9-7-8-12-23(16)19(25)14-27-21-22-18-11-6-5-10-17(18)20(26)24(21)13-15(2)3/h5-6,10-11,15-16H,4,7-9,12-14H2,1-3H3/t16-/m1/s1. The number of carbonyl (C=O) groups excluding carboxylic acids is 1. The van der Waals surface area contributed by atoms with Crippen LogP contribution in [0, 0.1) is 5.92 Å². The molecule has 1 saturated heterocycles. The number of rotatable bonds is 6. The highest BCUT2D eigenvalue weighted by molar-refractivity contribution is 7.99. The Balaban J connectivity index is 1.85. The molecule has 0 radical (unpaired) electrons. The summed E-state index contributed by atoms with van der Waals surface area (Å²) in [5.41, 5.74) is 0.676. The Labute approximate surface area is 165 Å². The molecule has 2 aromatic rings. The van der Waals surface area contributed by atoms with E-state index in [0.717, 1.165) is 25.8 Å². The Bertz CT molecular complexity index is 862. The summed E-state index contributed by atoms with van der Waals surface area (Å²) in [6, 6.07) is 7.79. The number of benzene rings is 1. The summed E-state index contributed by atoms with van der Waals surface area (Å²) < 4.78 is 1.73. The molecular weight excluding hydrogens is 358 g/mol. The number of piperidine rings is 1. The zero-order valence-corrected chi connectivity index (χ0v) is 17.3. The zero-order valence-electron chi connectivity index (χ0n) is 16.5. The Morgan fingerprint density at radius 2 is 2.07 bits per heavy atom. The molecule has 0 saturated carbocycles. The van der Waals surface area contributed by atoms with Crippen LogP contribution in [0.3, 0.4) is 0 Å². The summed E-state index contributed by atoms with van der Waals surface area (Å²) in [6.07, 6.45) is 4.39. The monoisotopic (exact) mass is 387 g/mol. The van der Waals surface area contributed by atoms with E-state index >= 15 is 0 Å². The Morgan fingerprint density at radius 1 is 1.30 bits per heavy atom. The summed E-state index contributed by atoms with van der Waals surface area (Å²) in [7, 11) is 0. The molecule has 1 atom stereocenters. The maximum Gasteiger partial charge on any atom is 0.262 e. The molecule has 0 bridgehead atoms. The molecule has 0 unspecified atom stereocenters.